The van der Waals surface area contributed by atoms with Gasteiger partial charge in [-0.3, -0.25) is 0 Å². The van der Waals surface area contributed by atoms with Crippen molar-refractivity contribution in [2.75, 3.05) is 24.2 Å². The van der Waals surface area contributed by atoms with E-state index in [2.05, 4.69) is 4.98 Å². The van der Waals surface area contributed by atoms with Crippen molar-refractivity contribution in [3.8, 4) is 0 Å². The molecule has 1 aromatic rings. The lowest BCUT2D eigenvalue weighted by molar-refractivity contribution is -0.167. The molecule has 0 amide bonds. The highest BCUT2D eigenvalue weighted by atomic mass is 32.2. The summed E-state index contributed by atoms with van der Waals surface area (Å²) in [5, 5.41) is 7.43. The molecule has 1 aromatic heterocycles. The zero-order valence-electron chi connectivity index (χ0n) is 11.4. The minimum Gasteiger partial charge on any atom is -0.478 e. The molecule has 0 bridgehead atoms. The number of pyridine rings is 1. The number of aromatic nitrogens is 1. The molecule has 0 spiro atoms. The molecule has 6 nitrogen and oxygen atoms in total. The van der Waals surface area contributed by atoms with Crippen LogP contribution in [0.25, 0.3) is 0 Å². The van der Waals surface area contributed by atoms with Crippen molar-refractivity contribution in [3.05, 3.63) is 23.9 Å². The maximum atomic E-state index is 13.1. The standard InChI is InChI=1S/C12H13F3N2O4S/c1-22(20,21)9-6-17(5-8(9)12(13,14)15)10-7(11(18)19)3-2-4-16-10/h2-4,8-9H,5-6H2,1H3,(H,18,19)/t8-,9-/m1/s1. The number of sulfone groups is 1. The first-order valence-electron chi connectivity index (χ1n) is 6.20. The number of anilines is 1. The van der Waals surface area contributed by atoms with Gasteiger partial charge in [-0.05, 0) is 12.1 Å². The highest BCUT2D eigenvalue weighted by Gasteiger charge is 2.54. The van der Waals surface area contributed by atoms with Gasteiger partial charge < -0.3 is 10.0 Å². The summed E-state index contributed by atoms with van der Waals surface area (Å²) in [5.74, 6) is -3.57. The Balaban J connectivity index is 2.43. The summed E-state index contributed by atoms with van der Waals surface area (Å²) in [4.78, 5) is 16.0. The number of hydrogen-bond donors (Lipinski definition) is 1. The molecule has 10 heteroatoms. The minimum atomic E-state index is -4.69. The number of halogens is 3. The van der Waals surface area contributed by atoms with Gasteiger partial charge in [-0.2, -0.15) is 13.2 Å². The SMILES string of the molecule is CS(=O)(=O)[C@@H]1CN(c2ncccc2C(=O)O)C[C@H]1C(F)(F)F. The average molecular weight is 338 g/mol. The highest BCUT2D eigenvalue weighted by molar-refractivity contribution is 7.91. The molecule has 0 saturated carbocycles. The van der Waals surface area contributed by atoms with Crippen molar-refractivity contribution in [2.24, 2.45) is 5.92 Å². The van der Waals surface area contributed by atoms with Gasteiger partial charge in [0.2, 0.25) is 0 Å². The fourth-order valence-electron chi connectivity index (χ4n) is 2.51. The second kappa shape index (κ2) is 5.41. The maximum Gasteiger partial charge on any atom is 0.394 e. The maximum absolute atomic E-state index is 13.1. The van der Waals surface area contributed by atoms with Gasteiger partial charge in [0.05, 0.1) is 11.2 Å². The van der Waals surface area contributed by atoms with Crippen LogP contribution in [0.15, 0.2) is 18.3 Å². The third kappa shape index (κ3) is 3.16. The Hall–Kier alpha value is -1.84. The third-order valence-electron chi connectivity index (χ3n) is 3.55. The van der Waals surface area contributed by atoms with E-state index >= 15 is 0 Å². The fourth-order valence-corrected chi connectivity index (χ4v) is 3.80. The molecule has 0 unspecified atom stereocenters. The van der Waals surface area contributed by atoms with Crippen LogP contribution in [0, 0.1) is 5.92 Å². The minimum absolute atomic E-state index is 0.157. The summed E-state index contributed by atoms with van der Waals surface area (Å²) in [5.41, 5.74) is -0.266. The van der Waals surface area contributed by atoms with Crippen molar-refractivity contribution in [1.82, 2.24) is 4.98 Å². The lowest BCUT2D eigenvalue weighted by atomic mass is 10.1. The van der Waals surface area contributed by atoms with Gasteiger partial charge in [0.25, 0.3) is 0 Å². The van der Waals surface area contributed by atoms with Crippen molar-refractivity contribution >= 4 is 21.6 Å². The van der Waals surface area contributed by atoms with Crippen LogP contribution in [0.1, 0.15) is 10.4 Å². The van der Waals surface area contributed by atoms with Crippen LogP contribution in [-0.2, 0) is 9.84 Å². The van der Waals surface area contributed by atoms with Gasteiger partial charge in [0.15, 0.2) is 9.84 Å². The molecule has 1 N–H and O–H groups in total. The predicted octanol–water partition coefficient (Wildman–Crippen LogP) is 1.19. The Morgan fingerprint density at radius 1 is 1.41 bits per heavy atom. The molecular formula is C12H13F3N2O4S. The normalized spacial score (nSPS) is 22.8. The molecule has 1 aliphatic rings. The smallest absolute Gasteiger partial charge is 0.394 e. The molecule has 0 aliphatic carbocycles. The molecule has 1 saturated heterocycles. The lowest BCUT2D eigenvalue weighted by Crippen LogP contribution is -2.37. The Morgan fingerprint density at radius 3 is 2.50 bits per heavy atom. The third-order valence-corrected chi connectivity index (χ3v) is 5.13. The van der Waals surface area contributed by atoms with Crippen molar-refractivity contribution in [3.63, 3.8) is 0 Å². The summed E-state index contributed by atoms with van der Waals surface area (Å²) < 4.78 is 62.4. The molecule has 2 rings (SSSR count). The Morgan fingerprint density at radius 2 is 2.05 bits per heavy atom. The zero-order chi connectivity index (χ0) is 16.7. The van der Waals surface area contributed by atoms with Crippen LogP contribution in [-0.4, -0.2) is 55.2 Å². The van der Waals surface area contributed by atoms with E-state index in [-0.39, 0.29) is 11.4 Å². The molecule has 0 radical (unpaired) electrons. The van der Waals surface area contributed by atoms with Gasteiger partial charge >= 0.3 is 12.1 Å². The molecule has 0 aromatic carbocycles. The second-order valence-corrected chi connectivity index (χ2v) is 7.37. The van der Waals surface area contributed by atoms with Gasteiger partial charge in [0, 0.05) is 25.5 Å². The highest BCUT2D eigenvalue weighted by Crippen LogP contribution is 2.38. The lowest BCUT2D eigenvalue weighted by Gasteiger charge is -2.20. The molecule has 122 valence electrons. The van der Waals surface area contributed by atoms with Crippen LogP contribution in [0.4, 0.5) is 19.0 Å². The van der Waals surface area contributed by atoms with Gasteiger partial charge in [-0.1, -0.05) is 0 Å². The quantitative estimate of drug-likeness (QED) is 0.891. The number of hydrogen-bond acceptors (Lipinski definition) is 5. The van der Waals surface area contributed by atoms with E-state index in [0.29, 0.717) is 0 Å². The van der Waals surface area contributed by atoms with Gasteiger partial charge in [-0.15, -0.1) is 0 Å². The Bertz CT molecular complexity index is 690. The molecule has 22 heavy (non-hydrogen) atoms. The summed E-state index contributed by atoms with van der Waals surface area (Å²) >= 11 is 0. The van der Waals surface area contributed by atoms with Gasteiger partial charge in [0.1, 0.15) is 11.4 Å². The van der Waals surface area contributed by atoms with E-state index in [4.69, 9.17) is 5.11 Å². The summed E-state index contributed by atoms with van der Waals surface area (Å²) in [7, 11) is -3.95. The monoisotopic (exact) mass is 338 g/mol. The topological polar surface area (TPSA) is 87.6 Å². The summed E-state index contributed by atoms with van der Waals surface area (Å²) in [6.45, 7) is -1.08. The number of carbonyl (C=O) groups is 1. The first-order chi connectivity index (χ1) is 10.0. The van der Waals surface area contributed by atoms with E-state index in [9.17, 15) is 26.4 Å². The van der Waals surface area contributed by atoms with E-state index in [1.54, 1.807) is 0 Å². The first-order valence-corrected chi connectivity index (χ1v) is 8.16. The predicted molar refractivity (Wildman–Crippen MR) is 71.6 cm³/mol. The second-order valence-electron chi connectivity index (χ2n) is 5.10. The van der Waals surface area contributed by atoms with Crippen LogP contribution in [0.3, 0.4) is 0 Å². The van der Waals surface area contributed by atoms with E-state index in [1.165, 1.54) is 18.3 Å². The molecule has 1 aliphatic heterocycles. The van der Waals surface area contributed by atoms with Gasteiger partial charge in [-0.25, -0.2) is 18.2 Å². The molecule has 1 fully saturated rings. The zero-order valence-corrected chi connectivity index (χ0v) is 12.2. The Labute approximate surface area is 124 Å². The fraction of sp³-hybridized carbons (Fsp3) is 0.500. The van der Waals surface area contributed by atoms with Crippen LogP contribution < -0.4 is 4.90 Å². The summed E-state index contributed by atoms with van der Waals surface area (Å²) in [6, 6.07) is 2.55. The number of carboxylic acids is 1. The Kier molecular flexibility index (Phi) is 4.07. The molecular weight excluding hydrogens is 325 g/mol. The first kappa shape index (κ1) is 16.5. The van der Waals surface area contributed by atoms with E-state index in [0.717, 1.165) is 11.2 Å². The largest absolute Gasteiger partial charge is 0.478 e. The number of aromatic carboxylic acids is 1. The van der Waals surface area contributed by atoms with E-state index in [1.807, 2.05) is 0 Å². The summed E-state index contributed by atoms with van der Waals surface area (Å²) in [6.07, 6.45) is -2.70. The van der Waals surface area contributed by atoms with Crippen molar-refractivity contribution in [2.45, 2.75) is 11.4 Å². The van der Waals surface area contributed by atoms with Crippen LogP contribution in [0.2, 0.25) is 0 Å². The van der Waals surface area contributed by atoms with Crippen molar-refractivity contribution < 1.29 is 31.5 Å². The number of alkyl halides is 3. The number of nitrogens with zero attached hydrogens (tertiary/aromatic N) is 2. The van der Waals surface area contributed by atoms with E-state index < -0.39 is 46.2 Å². The average Bonchev–Trinajstić information content (AvgIpc) is 2.83. The molecule has 2 atom stereocenters. The number of rotatable bonds is 3. The van der Waals surface area contributed by atoms with Crippen molar-refractivity contribution in [1.29, 1.82) is 0 Å². The van der Waals surface area contributed by atoms with Crippen LogP contribution >= 0.6 is 0 Å². The number of carboxylic acid groups (broad SMARTS) is 1. The van der Waals surface area contributed by atoms with Crippen LogP contribution in [0.5, 0.6) is 0 Å². The molecule has 2 heterocycles.